The molecule has 5 rings (SSSR count). The minimum Gasteiger partial charge on any atom is -0.497 e. The number of aromatic nitrogens is 1. The van der Waals surface area contributed by atoms with Crippen molar-refractivity contribution in [3.63, 3.8) is 0 Å². The summed E-state index contributed by atoms with van der Waals surface area (Å²) in [5.41, 5.74) is 0.706. The normalized spacial score (nSPS) is 28.0. The van der Waals surface area contributed by atoms with Crippen molar-refractivity contribution >= 4 is 17.5 Å². The minimum atomic E-state index is -0.754. The Morgan fingerprint density at radius 1 is 1.32 bits per heavy atom. The molecule has 8 nitrogen and oxygen atoms in total. The molecular weight excluding hydrogens is 398 g/mol. The highest BCUT2D eigenvalue weighted by atomic mass is 16.5. The van der Waals surface area contributed by atoms with Crippen LogP contribution >= 0.6 is 0 Å². The summed E-state index contributed by atoms with van der Waals surface area (Å²) < 4.78 is 16.8. The van der Waals surface area contributed by atoms with E-state index in [-0.39, 0.29) is 11.8 Å². The van der Waals surface area contributed by atoms with Crippen molar-refractivity contribution in [1.82, 2.24) is 9.88 Å². The highest BCUT2D eigenvalue weighted by Crippen LogP contribution is 2.52. The van der Waals surface area contributed by atoms with Crippen LogP contribution in [0.2, 0.25) is 0 Å². The van der Waals surface area contributed by atoms with Crippen LogP contribution in [0.1, 0.15) is 5.56 Å². The van der Waals surface area contributed by atoms with Gasteiger partial charge in [0.15, 0.2) is 0 Å². The first-order valence-corrected chi connectivity index (χ1v) is 10.1. The number of hydrogen-bond acceptors (Lipinski definition) is 6. The van der Waals surface area contributed by atoms with Crippen molar-refractivity contribution in [2.75, 3.05) is 26.1 Å². The van der Waals surface area contributed by atoms with Crippen LogP contribution in [-0.2, 0) is 20.9 Å². The van der Waals surface area contributed by atoms with Crippen LogP contribution in [-0.4, -0.2) is 54.2 Å². The van der Waals surface area contributed by atoms with Gasteiger partial charge in [-0.2, -0.15) is 0 Å². The first-order valence-electron chi connectivity index (χ1n) is 10.1. The zero-order valence-electron chi connectivity index (χ0n) is 17.3. The van der Waals surface area contributed by atoms with E-state index < -0.39 is 23.5 Å². The van der Waals surface area contributed by atoms with Gasteiger partial charge in [0.1, 0.15) is 17.1 Å². The summed E-state index contributed by atoms with van der Waals surface area (Å²) in [4.78, 5) is 32.5. The Labute approximate surface area is 179 Å². The van der Waals surface area contributed by atoms with E-state index in [1.165, 1.54) is 7.11 Å². The third kappa shape index (κ3) is 3.14. The van der Waals surface area contributed by atoms with Crippen LogP contribution in [0.4, 0.5) is 5.69 Å². The van der Waals surface area contributed by atoms with E-state index in [1.807, 2.05) is 24.3 Å². The predicted octanol–water partition coefficient (Wildman–Crippen LogP) is 2.02. The lowest BCUT2D eigenvalue weighted by Gasteiger charge is -2.24. The molecule has 2 aromatic rings. The fourth-order valence-electron chi connectivity index (χ4n) is 4.84. The molecule has 1 spiro atoms. The molecule has 4 atom stereocenters. The molecule has 2 unspecified atom stereocenters. The number of nitrogens with zero attached hydrogens (tertiary/aromatic N) is 2. The Morgan fingerprint density at radius 2 is 2.19 bits per heavy atom. The molecule has 8 heteroatoms. The lowest BCUT2D eigenvalue weighted by Crippen LogP contribution is -2.41. The summed E-state index contributed by atoms with van der Waals surface area (Å²) in [7, 11) is 3.09. The Hall–Kier alpha value is -3.39. The van der Waals surface area contributed by atoms with Gasteiger partial charge in [0.05, 0.1) is 44.4 Å². The van der Waals surface area contributed by atoms with E-state index in [0.717, 1.165) is 5.56 Å². The summed E-state index contributed by atoms with van der Waals surface area (Å²) in [6.07, 6.45) is 6.87. The molecule has 4 heterocycles. The van der Waals surface area contributed by atoms with E-state index in [9.17, 15) is 9.59 Å². The number of likely N-dealkylation sites (tertiary alicyclic amines) is 1. The van der Waals surface area contributed by atoms with Crippen LogP contribution in [0.15, 0.2) is 54.9 Å². The number of benzene rings is 1. The number of hydrogen-bond donors (Lipinski definition) is 1. The van der Waals surface area contributed by atoms with Gasteiger partial charge in [-0.15, -0.1) is 0 Å². The quantitative estimate of drug-likeness (QED) is 0.718. The van der Waals surface area contributed by atoms with E-state index in [4.69, 9.17) is 14.2 Å². The fraction of sp³-hybridized carbons (Fsp3) is 0.348. The van der Waals surface area contributed by atoms with E-state index >= 15 is 0 Å². The average molecular weight is 421 g/mol. The van der Waals surface area contributed by atoms with Crippen molar-refractivity contribution in [2.45, 2.75) is 18.2 Å². The Balaban J connectivity index is 1.38. The number of carbonyl (C=O) groups is 2. The molecule has 160 valence electrons. The molecule has 2 fully saturated rings. The van der Waals surface area contributed by atoms with Crippen LogP contribution in [0.25, 0.3) is 0 Å². The Morgan fingerprint density at radius 3 is 2.94 bits per heavy atom. The average Bonchev–Trinajstić information content (AvgIpc) is 3.43. The van der Waals surface area contributed by atoms with Gasteiger partial charge in [0.2, 0.25) is 11.8 Å². The number of rotatable bonds is 6. The van der Waals surface area contributed by atoms with Gasteiger partial charge in [-0.25, -0.2) is 0 Å². The molecule has 1 aromatic heterocycles. The second-order valence-corrected chi connectivity index (χ2v) is 8.01. The topological polar surface area (TPSA) is 90.0 Å². The third-order valence-electron chi connectivity index (χ3n) is 6.24. The maximum absolute atomic E-state index is 13.3. The van der Waals surface area contributed by atoms with E-state index in [0.29, 0.717) is 30.3 Å². The molecule has 1 N–H and O–H groups in total. The fourth-order valence-corrected chi connectivity index (χ4v) is 4.84. The minimum absolute atomic E-state index is 0.0717. The predicted molar refractivity (Wildman–Crippen MR) is 112 cm³/mol. The monoisotopic (exact) mass is 421 g/mol. The van der Waals surface area contributed by atoms with Gasteiger partial charge in [-0.05, 0) is 23.8 Å². The highest BCUT2D eigenvalue weighted by Gasteiger charge is 2.66. The summed E-state index contributed by atoms with van der Waals surface area (Å²) in [5, 5.41) is 2.92. The number of amides is 2. The molecule has 0 radical (unpaired) electrons. The van der Waals surface area contributed by atoms with Crippen LogP contribution in [0.3, 0.4) is 0 Å². The highest BCUT2D eigenvalue weighted by molar-refractivity contribution is 6.00. The molecule has 0 aliphatic carbocycles. The lowest BCUT2D eigenvalue weighted by atomic mass is 9.76. The number of fused-ring (bicyclic) bond motifs is 1. The Bertz CT molecular complexity index is 1060. The maximum Gasteiger partial charge on any atom is 0.231 e. The first-order chi connectivity index (χ1) is 15.0. The molecule has 2 bridgehead atoms. The van der Waals surface area contributed by atoms with Crippen LogP contribution in [0, 0.1) is 11.8 Å². The van der Waals surface area contributed by atoms with E-state index in [2.05, 4.69) is 10.3 Å². The molecule has 2 amide bonds. The van der Waals surface area contributed by atoms with Gasteiger partial charge in [0.25, 0.3) is 0 Å². The zero-order valence-corrected chi connectivity index (χ0v) is 17.3. The number of nitrogens with one attached hydrogen (secondary N) is 1. The van der Waals surface area contributed by atoms with Gasteiger partial charge in [-0.3, -0.25) is 14.6 Å². The second kappa shape index (κ2) is 7.39. The molecule has 3 aliphatic rings. The SMILES string of the molecule is COc1ccc(NC(=O)[C@@H]2C3C=CC4(CN(Cc5cccnc5)C(=O)[C@H]24)O3)c(OC)c1. The summed E-state index contributed by atoms with van der Waals surface area (Å²) in [6, 6.07) is 8.94. The largest absolute Gasteiger partial charge is 0.497 e. The van der Waals surface area contributed by atoms with Gasteiger partial charge < -0.3 is 24.4 Å². The third-order valence-corrected chi connectivity index (χ3v) is 6.24. The molecular formula is C23H23N3O5. The number of pyridine rings is 1. The molecule has 2 saturated heterocycles. The van der Waals surface area contributed by atoms with Gasteiger partial charge in [0, 0.05) is 25.0 Å². The van der Waals surface area contributed by atoms with Crippen molar-refractivity contribution < 1.29 is 23.8 Å². The molecule has 3 aliphatic heterocycles. The number of carbonyl (C=O) groups excluding carboxylic acids is 2. The van der Waals surface area contributed by atoms with Crippen molar-refractivity contribution in [2.24, 2.45) is 11.8 Å². The first kappa shape index (κ1) is 19.6. The number of ether oxygens (including phenoxy) is 3. The van der Waals surface area contributed by atoms with Crippen molar-refractivity contribution in [3.8, 4) is 11.5 Å². The Kier molecular flexibility index (Phi) is 4.66. The van der Waals surface area contributed by atoms with Gasteiger partial charge in [-0.1, -0.05) is 18.2 Å². The van der Waals surface area contributed by atoms with Crippen LogP contribution < -0.4 is 14.8 Å². The second-order valence-electron chi connectivity index (χ2n) is 8.01. The summed E-state index contributed by atoms with van der Waals surface area (Å²) in [5.74, 6) is -0.388. The number of anilines is 1. The molecule has 1 aromatic carbocycles. The van der Waals surface area contributed by atoms with E-state index in [1.54, 1.807) is 42.6 Å². The lowest BCUT2D eigenvalue weighted by molar-refractivity contribution is -0.136. The maximum atomic E-state index is 13.3. The number of methoxy groups -OCH3 is 2. The smallest absolute Gasteiger partial charge is 0.231 e. The van der Waals surface area contributed by atoms with Crippen molar-refractivity contribution in [1.29, 1.82) is 0 Å². The standard InChI is InChI=1S/C23H23N3O5/c1-29-15-5-6-16(18(10-15)30-2)25-21(27)19-17-7-8-23(31-17)13-26(22(28)20(19)23)12-14-4-3-9-24-11-14/h3-11,17,19-20H,12-13H2,1-2H3,(H,25,27)/t17?,19-,20+,23?/m1/s1. The van der Waals surface area contributed by atoms with Crippen molar-refractivity contribution in [3.05, 3.63) is 60.4 Å². The summed E-state index contributed by atoms with van der Waals surface area (Å²) >= 11 is 0. The molecule has 0 saturated carbocycles. The van der Waals surface area contributed by atoms with Gasteiger partial charge >= 0.3 is 0 Å². The summed E-state index contributed by atoms with van der Waals surface area (Å²) in [6.45, 7) is 0.863. The zero-order chi connectivity index (χ0) is 21.6. The van der Waals surface area contributed by atoms with Crippen LogP contribution in [0.5, 0.6) is 11.5 Å². The molecule has 31 heavy (non-hydrogen) atoms.